The van der Waals surface area contributed by atoms with Gasteiger partial charge < -0.3 is 10.6 Å². The molecule has 19 heavy (non-hydrogen) atoms. The van der Waals surface area contributed by atoms with Gasteiger partial charge in [0.05, 0.1) is 9.40 Å². The molecule has 0 spiro atoms. The Balaban J connectivity index is 2.09. The van der Waals surface area contributed by atoms with E-state index in [4.69, 9.17) is 0 Å². The van der Waals surface area contributed by atoms with Gasteiger partial charge in [-0.3, -0.25) is 15.1 Å². The number of aromatic nitrogens is 1. The summed E-state index contributed by atoms with van der Waals surface area (Å²) in [6.07, 6.45) is 7.06. The molecule has 1 heterocycles. The molecule has 1 aliphatic rings. The number of rotatable bonds is 4. The van der Waals surface area contributed by atoms with Crippen LogP contribution in [0.1, 0.15) is 25.7 Å². The predicted molar refractivity (Wildman–Crippen MR) is 77.3 cm³/mol. The number of nitrogens with zero attached hydrogens (tertiary/aromatic N) is 2. The average molecular weight is 329 g/mol. The topological polar surface area (TPSA) is 80.1 Å². The van der Waals surface area contributed by atoms with E-state index in [1.807, 2.05) is 7.05 Å². The van der Waals surface area contributed by atoms with Gasteiger partial charge in [-0.2, -0.15) is 0 Å². The van der Waals surface area contributed by atoms with Crippen LogP contribution in [0, 0.1) is 10.1 Å². The smallest absolute Gasteiger partial charge is 0.311 e. The third-order valence-corrected chi connectivity index (χ3v) is 4.16. The molecule has 0 atom stereocenters. The van der Waals surface area contributed by atoms with Gasteiger partial charge in [0, 0.05) is 18.3 Å². The first kappa shape index (κ1) is 14.2. The fourth-order valence-corrected chi connectivity index (χ4v) is 2.87. The van der Waals surface area contributed by atoms with Crippen LogP contribution in [-0.4, -0.2) is 29.0 Å². The van der Waals surface area contributed by atoms with Gasteiger partial charge >= 0.3 is 5.69 Å². The third kappa shape index (κ3) is 3.42. The van der Waals surface area contributed by atoms with E-state index in [1.54, 1.807) is 6.20 Å². The number of nitrogens with one attached hydrogen (secondary N) is 2. The molecule has 6 nitrogen and oxygen atoms in total. The van der Waals surface area contributed by atoms with Crippen molar-refractivity contribution < 1.29 is 4.92 Å². The van der Waals surface area contributed by atoms with Crippen molar-refractivity contribution in [2.45, 2.75) is 37.8 Å². The Morgan fingerprint density at radius 3 is 2.53 bits per heavy atom. The van der Waals surface area contributed by atoms with Crippen LogP contribution in [0.2, 0.25) is 0 Å². The Hall–Kier alpha value is -1.21. The summed E-state index contributed by atoms with van der Waals surface area (Å²) in [4.78, 5) is 14.5. The molecule has 0 amide bonds. The second kappa shape index (κ2) is 6.29. The predicted octanol–water partition coefficient (Wildman–Crippen LogP) is 2.69. The Morgan fingerprint density at radius 1 is 1.32 bits per heavy atom. The maximum absolute atomic E-state index is 11.0. The molecule has 0 bridgehead atoms. The lowest BCUT2D eigenvalue weighted by molar-refractivity contribution is -0.384. The molecule has 1 saturated carbocycles. The molecule has 1 aromatic heterocycles. The number of anilines is 1. The summed E-state index contributed by atoms with van der Waals surface area (Å²) < 4.78 is 0.637. The lowest BCUT2D eigenvalue weighted by Gasteiger charge is -2.29. The van der Waals surface area contributed by atoms with E-state index in [1.165, 1.54) is 6.20 Å². The number of nitro groups is 1. The van der Waals surface area contributed by atoms with Crippen LogP contribution in [0.4, 0.5) is 11.4 Å². The minimum atomic E-state index is -0.403. The second-order valence-corrected chi connectivity index (χ2v) is 5.61. The van der Waals surface area contributed by atoms with Gasteiger partial charge in [0.25, 0.3) is 0 Å². The Kier molecular flexibility index (Phi) is 4.71. The van der Waals surface area contributed by atoms with Crippen molar-refractivity contribution in [3.05, 3.63) is 27.0 Å². The fourth-order valence-electron chi connectivity index (χ4n) is 2.44. The molecule has 0 aliphatic heterocycles. The van der Waals surface area contributed by atoms with E-state index in [0.29, 0.717) is 16.2 Å². The van der Waals surface area contributed by atoms with E-state index in [-0.39, 0.29) is 11.7 Å². The second-order valence-electron chi connectivity index (χ2n) is 4.75. The highest BCUT2D eigenvalue weighted by atomic mass is 79.9. The van der Waals surface area contributed by atoms with E-state index in [0.717, 1.165) is 25.7 Å². The standard InChI is InChI=1S/C12H17BrN4O2/c1-14-8-2-4-9(5-3-8)16-12-10(13)6-15-7-11(12)17(18)19/h6-9,14H,2-5H2,1H3,(H,15,16). The Labute approximate surface area is 120 Å². The minimum absolute atomic E-state index is 0.0186. The first-order valence-corrected chi connectivity index (χ1v) is 7.12. The van der Waals surface area contributed by atoms with Gasteiger partial charge in [0.1, 0.15) is 11.9 Å². The van der Waals surface area contributed by atoms with Crippen molar-refractivity contribution in [1.29, 1.82) is 0 Å². The fraction of sp³-hybridized carbons (Fsp3) is 0.583. The van der Waals surface area contributed by atoms with Crippen molar-refractivity contribution in [2.75, 3.05) is 12.4 Å². The summed E-state index contributed by atoms with van der Waals surface area (Å²) in [5.41, 5.74) is 0.554. The molecule has 7 heteroatoms. The van der Waals surface area contributed by atoms with Gasteiger partial charge in [0.2, 0.25) is 0 Å². The third-order valence-electron chi connectivity index (χ3n) is 3.56. The van der Waals surface area contributed by atoms with Gasteiger partial charge in [-0.15, -0.1) is 0 Å². The van der Waals surface area contributed by atoms with E-state index >= 15 is 0 Å². The van der Waals surface area contributed by atoms with E-state index in [9.17, 15) is 10.1 Å². The molecule has 2 rings (SSSR count). The van der Waals surface area contributed by atoms with E-state index in [2.05, 4.69) is 31.5 Å². The normalized spacial score (nSPS) is 23.1. The minimum Gasteiger partial charge on any atom is -0.376 e. The van der Waals surface area contributed by atoms with Crippen molar-refractivity contribution in [1.82, 2.24) is 10.3 Å². The largest absolute Gasteiger partial charge is 0.376 e. The monoisotopic (exact) mass is 328 g/mol. The molecule has 2 N–H and O–H groups in total. The Morgan fingerprint density at radius 2 is 1.95 bits per heavy atom. The number of hydrogen-bond acceptors (Lipinski definition) is 5. The van der Waals surface area contributed by atoms with E-state index < -0.39 is 4.92 Å². The molecular weight excluding hydrogens is 312 g/mol. The maximum Gasteiger partial charge on any atom is 0.311 e. The average Bonchev–Trinajstić information content (AvgIpc) is 2.41. The van der Waals surface area contributed by atoms with Gasteiger partial charge in [-0.1, -0.05) is 0 Å². The van der Waals surface area contributed by atoms with Crippen LogP contribution >= 0.6 is 15.9 Å². The number of hydrogen-bond donors (Lipinski definition) is 2. The highest BCUT2D eigenvalue weighted by Crippen LogP contribution is 2.33. The summed E-state index contributed by atoms with van der Waals surface area (Å²) >= 11 is 3.33. The molecule has 1 fully saturated rings. The van der Waals surface area contributed by atoms with Crippen LogP contribution in [-0.2, 0) is 0 Å². The van der Waals surface area contributed by atoms with Crippen molar-refractivity contribution in [2.24, 2.45) is 0 Å². The number of halogens is 1. The zero-order valence-corrected chi connectivity index (χ0v) is 12.3. The molecule has 0 saturated heterocycles. The summed E-state index contributed by atoms with van der Waals surface area (Å²) in [7, 11) is 1.97. The lowest BCUT2D eigenvalue weighted by atomic mass is 9.91. The molecule has 1 aromatic rings. The lowest BCUT2D eigenvalue weighted by Crippen LogP contribution is -2.35. The SMILES string of the molecule is CNC1CCC(Nc2c(Br)cncc2[N+](=O)[O-])CC1. The Bertz CT molecular complexity index is 461. The van der Waals surface area contributed by atoms with Gasteiger partial charge in [0.15, 0.2) is 0 Å². The van der Waals surface area contributed by atoms with Crippen LogP contribution in [0.15, 0.2) is 16.9 Å². The molecule has 0 unspecified atom stereocenters. The molecule has 0 radical (unpaired) electrons. The highest BCUT2D eigenvalue weighted by Gasteiger charge is 2.24. The summed E-state index contributed by atoms with van der Waals surface area (Å²) in [5, 5.41) is 17.6. The van der Waals surface area contributed by atoms with Crippen LogP contribution in [0.3, 0.4) is 0 Å². The number of pyridine rings is 1. The molecule has 0 aromatic carbocycles. The first-order chi connectivity index (χ1) is 9.11. The summed E-state index contributed by atoms with van der Waals surface area (Å²) in [5.74, 6) is 0. The summed E-state index contributed by atoms with van der Waals surface area (Å²) in [6.45, 7) is 0. The van der Waals surface area contributed by atoms with Gasteiger partial charge in [-0.25, -0.2) is 0 Å². The van der Waals surface area contributed by atoms with Crippen molar-refractivity contribution in [3.8, 4) is 0 Å². The molecular formula is C12H17BrN4O2. The quantitative estimate of drug-likeness (QED) is 0.656. The van der Waals surface area contributed by atoms with Crippen LogP contribution in [0.5, 0.6) is 0 Å². The molecule has 1 aliphatic carbocycles. The van der Waals surface area contributed by atoms with Crippen LogP contribution < -0.4 is 10.6 Å². The van der Waals surface area contributed by atoms with Crippen molar-refractivity contribution >= 4 is 27.3 Å². The summed E-state index contributed by atoms with van der Waals surface area (Å²) in [6, 6.07) is 0.843. The zero-order valence-electron chi connectivity index (χ0n) is 10.7. The maximum atomic E-state index is 11.0. The zero-order chi connectivity index (χ0) is 13.8. The van der Waals surface area contributed by atoms with Crippen LogP contribution in [0.25, 0.3) is 0 Å². The van der Waals surface area contributed by atoms with Crippen molar-refractivity contribution in [3.63, 3.8) is 0 Å². The first-order valence-electron chi connectivity index (χ1n) is 6.33. The highest BCUT2D eigenvalue weighted by molar-refractivity contribution is 9.10. The van der Waals surface area contributed by atoms with Gasteiger partial charge in [-0.05, 0) is 48.7 Å². The molecule has 104 valence electrons.